The molecule has 0 aromatic carbocycles. The first-order chi connectivity index (χ1) is 5.52. The summed E-state index contributed by atoms with van der Waals surface area (Å²) in [6.07, 6.45) is 5.07. The fraction of sp³-hybridized carbons (Fsp3) is 0.455. The maximum absolute atomic E-state index is 12.1. The predicted molar refractivity (Wildman–Crippen MR) is 52.6 cm³/mol. The molecule has 0 saturated heterocycles. The third-order valence-electron chi connectivity index (χ3n) is 1.54. The van der Waals surface area contributed by atoms with Crippen LogP contribution >= 0.6 is 0 Å². The van der Waals surface area contributed by atoms with Gasteiger partial charge in [-0.2, -0.15) is 0 Å². The number of rotatable bonds is 5. The van der Waals surface area contributed by atoms with Crippen LogP contribution in [0.3, 0.4) is 0 Å². The predicted octanol–water partition coefficient (Wildman–Crippen LogP) is 4.02. The number of allylic oxidation sites excluding steroid dienone is 4. The number of halogens is 1. The molecule has 0 saturated carbocycles. The maximum Gasteiger partial charge on any atom is 0.116 e. The van der Waals surface area contributed by atoms with Crippen LogP contribution in [-0.2, 0) is 0 Å². The minimum absolute atomic E-state index is 0. The molecular weight excluding hydrogens is 389 g/mol. The van der Waals surface area contributed by atoms with Crippen molar-refractivity contribution in [3.8, 4) is 0 Å². The molecule has 0 heterocycles. The zero-order valence-electron chi connectivity index (χ0n) is 8.44. The van der Waals surface area contributed by atoms with Gasteiger partial charge in [0.1, 0.15) is 5.83 Å². The Morgan fingerprint density at radius 1 is 1.31 bits per heavy atom. The van der Waals surface area contributed by atoms with Crippen LogP contribution in [0.5, 0.6) is 0 Å². The minimum Gasteiger partial charge on any atom is -0.208 e. The quantitative estimate of drug-likeness (QED) is 0.606. The summed E-state index contributed by atoms with van der Waals surface area (Å²) >= 11 is 0. The molecule has 0 aromatic rings. The molecule has 2 heteroatoms. The van der Waals surface area contributed by atoms with Crippen LogP contribution in [0.25, 0.3) is 0 Å². The zero-order chi connectivity index (χ0) is 9.56. The van der Waals surface area contributed by atoms with Gasteiger partial charge in [-0.05, 0) is 24.8 Å². The summed E-state index contributed by atoms with van der Waals surface area (Å²) in [5.74, 6) is 0.254. The normalized spacial score (nSPS) is 10.2. The van der Waals surface area contributed by atoms with Crippen LogP contribution < -0.4 is 0 Å². The second-order valence-corrected chi connectivity index (χ2v) is 3.37. The van der Waals surface area contributed by atoms with Gasteiger partial charge >= 0.3 is 0 Å². The van der Waals surface area contributed by atoms with Gasteiger partial charge in [-0.1, -0.05) is 38.7 Å². The molecule has 0 N–H and O–H groups in total. The van der Waals surface area contributed by atoms with Gasteiger partial charge in [-0.3, -0.25) is 0 Å². The molecule has 0 spiro atoms. The fourth-order valence-corrected chi connectivity index (χ4v) is 0.766. The van der Waals surface area contributed by atoms with Crippen molar-refractivity contribution in [2.24, 2.45) is 5.92 Å². The van der Waals surface area contributed by atoms with Crippen LogP contribution in [0.15, 0.2) is 36.7 Å². The second kappa shape index (κ2) is 8.78. The Kier molecular flexibility index (Phi) is 10.6. The number of hydrogen-bond acceptors (Lipinski definition) is 0. The van der Waals surface area contributed by atoms with Crippen LogP contribution in [0.2, 0.25) is 0 Å². The van der Waals surface area contributed by atoms with E-state index in [0.717, 1.165) is 18.4 Å². The van der Waals surface area contributed by atoms with Crippen LogP contribution in [0.4, 0.5) is 4.39 Å². The average Bonchev–Trinajstić information content (AvgIpc) is 1.96. The van der Waals surface area contributed by atoms with Crippen molar-refractivity contribution >= 4 is 0 Å². The van der Waals surface area contributed by atoms with E-state index in [1.165, 1.54) is 6.08 Å². The van der Waals surface area contributed by atoms with Gasteiger partial charge in [0.15, 0.2) is 0 Å². The average molecular weight is 406 g/mol. The van der Waals surface area contributed by atoms with Crippen molar-refractivity contribution in [2.45, 2.75) is 26.7 Å². The molecule has 0 atom stereocenters. The summed E-state index contributed by atoms with van der Waals surface area (Å²) in [6, 6.07) is 0. The van der Waals surface area contributed by atoms with E-state index in [1.807, 2.05) is 0 Å². The Hall–Kier alpha value is 0.202. The summed E-state index contributed by atoms with van der Waals surface area (Å²) in [6.45, 7) is 11.2. The Morgan fingerprint density at radius 3 is 2.23 bits per heavy atom. The third kappa shape index (κ3) is 12.2. The molecule has 0 rings (SSSR count). The third-order valence-corrected chi connectivity index (χ3v) is 1.54. The van der Waals surface area contributed by atoms with E-state index in [9.17, 15) is 4.39 Å². The molecule has 0 aromatic heterocycles. The maximum atomic E-state index is 12.1. The molecule has 0 bridgehead atoms. The summed E-state index contributed by atoms with van der Waals surface area (Å²) in [5, 5.41) is 0. The topological polar surface area (TPSA) is 0 Å². The van der Waals surface area contributed by atoms with Gasteiger partial charge in [0.05, 0.1) is 0 Å². The van der Waals surface area contributed by atoms with Crippen molar-refractivity contribution in [1.29, 1.82) is 0 Å². The van der Waals surface area contributed by atoms with Crippen molar-refractivity contribution in [3.05, 3.63) is 36.7 Å². The van der Waals surface area contributed by atoms with E-state index in [0.29, 0.717) is 5.92 Å². The molecule has 0 radical (unpaired) electrons. The van der Waals surface area contributed by atoms with Gasteiger partial charge < -0.3 is 0 Å². The van der Waals surface area contributed by atoms with Gasteiger partial charge in [-0.25, -0.2) is 4.39 Å². The molecule has 0 unspecified atom stereocenters. The Bertz CT molecular complexity index is 192. The molecule has 13 heavy (non-hydrogen) atoms. The van der Waals surface area contributed by atoms with Crippen LogP contribution in [0, 0.1) is 37.0 Å². The van der Waals surface area contributed by atoms with Crippen molar-refractivity contribution < 1.29 is 35.5 Å². The summed E-state index contributed by atoms with van der Waals surface area (Å²) in [7, 11) is 0. The first kappa shape index (κ1) is 15.7. The van der Waals surface area contributed by atoms with E-state index < -0.39 is 5.83 Å². The smallest absolute Gasteiger partial charge is 0.116 e. The largest absolute Gasteiger partial charge is 0.208 e. The molecule has 0 aliphatic carbocycles. The molecule has 0 nitrogen and oxygen atoms in total. The summed E-state index contributed by atoms with van der Waals surface area (Å²) in [4.78, 5) is 0. The van der Waals surface area contributed by atoms with Crippen molar-refractivity contribution in [1.82, 2.24) is 0 Å². The molecule has 0 aliphatic rings. The van der Waals surface area contributed by atoms with E-state index in [-0.39, 0.29) is 31.1 Å². The fourth-order valence-electron chi connectivity index (χ4n) is 0.766. The minimum atomic E-state index is -0.416. The van der Waals surface area contributed by atoms with E-state index in [2.05, 4.69) is 27.0 Å². The van der Waals surface area contributed by atoms with Crippen molar-refractivity contribution in [2.75, 3.05) is 0 Å². The first-order valence-electron chi connectivity index (χ1n) is 4.22. The second-order valence-electron chi connectivity index (χ2n) is 3.37. The standard InChI is InChI=1S/C11H17F.U/c1-9(2)5-6-10(3)7-8-11(4)12;/h7-9H,3-6H2,1-2H3;/b8-7-;. The number of hydrogen-bond donors (Lipinski definition) is 0. The van der Waals surface area contributed by atoms with E-state index in [1.54, 1.807) is 6.08 Å². The van der Waals surface area contributed by atoms with Gasteiger partial charge in [0.2, 0.25) is 0 Å². The molecule has 0 aliphatic heterocycles. The van der Waals surface area contributed by atoms with Gasteiger partial charge in [0.25, 0.3) is 0 Å². The monoisotopic (exact) mass is 406 g/mol. The van der Waals surface area contributed by atoms with Gasteiger partial charge in [-0.15, -0.1) is 0 Å². The van der Waals surface area contributed by atoms with E-state index >= 15 is 0 Å². The molecule has 72 valence electrons. The van der Waals surface area contributed by atoms with Crippen molar-refractivity contribution in [3.63, 3.8) is 0 Å². The summed E-state index contributed by atoms with van der Waals surface area (Å²) < 4.78 is 12.1. The van der Waals surface area contributed by atoms with E-state index in [4.69, 9.17) is 0 Å². The summed E-state index contributed by atoms with van der Waals surface area (Å²) in [5.41, 5.74) is 0.961. The Morgan fingerprint density at radius 2 is 1.85 bits per heavy atom. The zero-order valence-corrected chi connectivity index (χ0v) is 12.6. The Labute approximate surface area is 104 Å². The Balaban J connectivity index is 0. The molecule has 0 amide bonds. The SMILES string of the molecule is C=C(F)/C=C\C(=C)CCC(C)C.[U]. The van der Waals surface area contributed by atoms with Gasteiger partial charge in [0, 0.05) is 31.1 Å². The first-order valence-corrected chi connectivity index (χ1v) is 4.22. The molecule has 0 fully saturated rings. The molecular formula is C11H17FU. The van der Waals surface area contributed by atoms with Crippen LogP contribution in [0.1, 0.15) is 26.7 Å². The van der Waals surface area contributed by atoms with Crippen LogP contribution in [-0.4, -0.2) is 0 Å².